The molecule has 30 heavy (non-hydrogen) atoms. The SMILES string of the molecule is C[N+](C)([O-])CCCNSCCC(F)(F)C(F)(F)C(F)(F)C(F)(F)C(F)(F)C(F)(F)F. The predicted octanol–water partition coefficient (Wildman–Crippen LogP) is 5.32. The zero-order valence-electron chi connectivity index (χ0n) is 15.2. The van der Waals surface area contributed by atoms with Crippen LogP contribution in [0.2, 0.25) is 0 Å². The molecule has 182 valence electrons. The van der Waals surface area contributed by atoms with Crippen molar-refractivity contribution < 1.29 is 61.7 Å². The Morgan fingerprint density at radius 1 is 0.733 bits per heavy atom. The fourth-order valence-electron chi connectivity index (χ4n) is 1.81. The van der Waals surface area contributed by atoms with Crippen LogP contribution in [0.4, 0.5) is 57.1 Å². The molecular weight excluding hydrogens is 479 g/mol. The number of halogens is 13. The lowest BCUT2D eigenvalue weighted by molar-refractivity contribution is -0.840. The van der Waals surface area contributed by atoms with Gasteiger partial charge in [0.05, 0.1) is 20.6 Å². The van der Waals surface area contributed by atoms with Crippen LogP contribution in [0, 0.1) is 5.21 Å². The molecule has 0 atom stereocenters. The average molecular weight is 496 g/mol. The Labute approximate surface area is 166 Å². The molecule has 0 amide bonds. The summed E-state index contributed by atoms with van der Waals surface area (Å²) >= 11 is 0.242. The molecule has 3 nitrogen and oxygen atoms in total. The quantitative estimate of drug-likeness (QED) is 0.131. The normalized spacial score (nSPS) is 15.6. The van der Waals surface area contributed by atoms with Gasteiger partial charge in [0.1, 0.15) is 0 Å². The van der Waals surface area contributed by atoms with Gasteiger partial charge >= 0.3 is 35.8 Å². The summed E-state index contributed by atoms with van der Waals surface area (Å²) < 4.78 is 169. The zero-order valence-corrected chi connectivity index (χ0v) is 16.0. The number of rotatable bonds is 12. The average Bonchev–Trinajstić information content (AvgIpc) is 2.50. The second kappa shape index (κ2) is 9.05. The molecule has 0 aromatic rings. The number of hydrogen-bond acceptors (Lipinski definition) is 3. The molecule has 0 heterocycles. The molecule has 0 aromatic heterocycles. The van der Waals surface area contributed by atoms with Gasteiger partial charge in [-0.2, -0.15) is 57.1 Å². The van der Waals surface area contributed by atoms with E-state index in [-0.39, 0.29) is 31.5 Å². The smallest absolute Gasteiger partial charge is 0.460 e. The van der Waals surface area contributed by atoms with E-state index in [1.54, 1.807) is 0 Å². The van der Waals surface area contributed by atoms with Crippen LogP contribution in [0.25, 0.3) is 0 Å². The molecule has 0 aliphatic rings. The number of nitrogens with zero attached hydrogens (tertiary/aromatic N) is 1. The standard InChI is InChI=1S/C13H17F13N2OS/c1-28(2,29)6-3-5-27-30-7-4-8(14,15)9(16,17)10(18,19)11(20,21)12(22,23)13(24,25)26/h27H,3-7H2,1-2H3. The third-order valence-electron chi connectivity index (χ3n) is 3.59. The van der Waals surface area contributed by atoms with Gasteiger partial charge in [0.15, 0.2) is 0 Å². The summed E-state index contributed by atoms with van der Waals surface area (Å²) in [6.07, 6.45) is -9.50. The van der Waals surface area contributed by atoms with Crippen LogP contribution in [0.5, 0.6) is 0 Å². The number of alkyl halides is 13. The van der Waals surface area contributed by atoms with Crippen molar-refractivity contribution in [1.82, 2.24) is 4.72 Å². The number of quaternary nitrogens is 1. The maximum Gasteiger partial charge on any atom is 0.460 e. The Hall–Kier alpha value is -0.680. The molecule has 0 fully saturated rings. The Kier molecular flexibility index (Phi) is 8.85. The van der Waals surface area contributed by atoms with E-state index >= 15 is 0 Å². The van der Waals surface area contributed by atoms with E-state index in [1.807, 2.05) is 0 Å². The van der Waals surface area contributed by atoms with E-state index in [4.69, 9.17) is 0 Å². The first kappa shape index (κ1) is 29.3. The van der Waals surface area contributed by atoms with E-state index in [2.05, 4.69) is 4.72 Å². The van der Waals surface area contributed by atoms with Crippen molar-refractivity contribution in [2.45, 2.75) is 48.6 Å². The fraction of sp³-hybridized carbons (Fsp3) is 1.00. The lowest BCUT2D eigenvalue weighted by atomic mass is 9.93. The van der Waals surface area contributed by atoms with Crippen molar-refractivity contribution in [2.75, 3.05) is 32.9 Å². The minimum absolute atomic E-state index is 0.0252. The van der Waals surface area contributed by atoms with Gasteiger partial charge in [-0.05, 0) is 0 Å². The fourth-order valence-corrected chi connectivity index (χ4v) is 2.61. The summed E-state index contributed by atoms with van der Waals surface area (Å²) in [5, 5.41) is 11.2. The van der Waals surface area contributed by atoms with Crippen LogP contribution >= 0.6 is 11.9 Å². The summed E-state index contributed by atoms with van der Waals surface area (Å²) in [6.45, 7) is 0.0269. The van der Waals surface area contributed by atoms with Crippen LogP contribution in [-0.2, 0) is 0 Å². The summed E-state index contributed by atoms with van der Waals surface area (Å²) in [7, 11) is 2.54. The van der Waals surface area contributed by atoms with E-state index in [1.165, 1.54) is 14.1 Å². The highest BCUT2D eigenvalue weighted by atomic mass is 32.2. The van der Waals surface area contributed by atoms with Crippen LogP contribution in [0.3, 0.4) is 0 Å². The summed E-state index contributed by atoms with van der Waals surface area (Å²) in [5.74, 6) is -37.8. The van der Waals surface area contributed by atoms with Crippen LogP contribution in [0.1, 0.15) is 12.8 Å². The van der Waals surface area contributed by atoms with Gasteiger partial charge in [-0.25, -0.2) is 0 Å². The highest BCUT2D eigenvalue weighted by Gasteiger charge is 2.90. The highest BCUT2D eigenvalue weighted by molar-refractivity contribution is 7.97. The van der Waals surface area contributed by atoms with Crippen molar-refractivity contribution in [3.8, 4) is 0 Å². The van der Waals surface area contributed by atoms with Crippen LogP contribution in [-0.4, -0.2) is 73.4 Å². The number of hydroxylamine groups is 3. The number of hydrogen-bond donors (Lipinski definition) is 1. The summed E-state index contributed by atoms with van der Waals surface area (Å²) in [5.41, 5.74) is 0. The molecule has 0 saturated carbocycles. The predicted molar refractivity (Wildman–Crippen MR) is 80.8 cm³/mol. The highest BCUT2D eigenvalue weighted by Crippen LogP contribution is 2.60. The molecule has 0 unspecified atom stereocenters. The molecule has 0 aliphatic carbocycles. The number of nitrogens with one attached hydrogen (secondary N) is 1. The molecule has 0 bridgehead atoms. The van der Waals surface area contributed by atoms with Gasteiger partial charge in [0.25, 0.3) is 0 Å². The van der Waals surface area contributed by atoms with Crippen molar-refractivity contribution in [1.29, 1.82) is 0 Å². The maximum absolute atomic E-state index is 13.5. The van der Waals surface area contributed by atoms with Gasteiger partial charge in [0.2, 0.25) is 0 Å². The van der Waals surface area contributed by atoms with Gasteiger partial charge in [-0.15, -0.1) is 0 Å². The monoisotopic (exact) mass is 496 g/mol. The minimum atomic E-state index is -7.88. The van der Waals surface area contributed by atoms with E-state index in [0.717, 1.165) is 0 Å². The van der Waals surface area contributed by atoms with Crippen molar-refractivity contribution in [2.24, 2.45) is 0 Å². The largest absolute Gasteiger partial charge is 0.633 e. The second-order valence-electron chi connectivity index (χ2n) is 6.64. The maximum atomic E-state index is 13.5. The lowest BCUT2D eigenvalue weighted by Gasteiger charge is -2.39. The molecule has 0 aromatic carbocycles. The first-order valence-electron chi connectivity index (χ1n) is 7.80. The summed E-state index contributed by atoms with van der Waals surface area (Å²) in [6, 6.07) is 0. The van der Waals surface area contributed by atoms with E-state index in [9.17, 15) is 62.3 Å². The van der Waals surface area contributed by atoms with Gasteiger partial charge in [-0.1, -0.05) is 11.9 Å². The first-order valence-corrected chi connectivity index (χ1v) is 8.79. The van der Waals surface area contributed by atoms with Gasteiger partial charge < -0.3 is 9.85 Å². The third-order valence-corrected chi connectivity index (χ3v) is 4.41. The van der Waals surface area contributed by atoms with Crippen molar-refractivity contribution in [3.05, 3.63) is 5.21 Å². The molecule has 0 rings (SSSR count). The van der Waals surface area contributed by atoms with Crippen LogP contribution in [0.15, 0.2) is 0 Å². The lowest BCUT2D eigenvalue weighted by Crippen LogP contribution is -2.70. The van der Waals surface area contributed by atoms with Crippen molar-refractivity contribution >= 4 is 11.9 Å². The Morgan fingerprint density at radius 3 is 1.57 bits per heavy atom. The Morgan fingerprint density at radius 2 is 1.17 bits per heavy atom. The molecule has 0 saturated heterocycles. The molecule has 0 aliphatic heterocycles. The van der Waals surface area contributed by atoms with E-state index < -0.39 is 52.6 Å². The van der Waals surface area contributed by atoms with E-state index in [0.29, 0.717) is 0 Å². The Balaban J connectivity index is 5.20. The zero-order chi connectivity index (χ0) is 24.4. The van der Waals surface area contributed by atoms with Gasteiger partial charge in [-0.3, -0.25) is 4.72 Å². The third kappa shape index (κ3) is 5.97. The molecule has 0 radical (unpaired) electrons. The molecule has 0 spiro atoms. The topological polar surface area (TPSA) is 35.1 Å². The van der Waals surface area contributed by atoms with Crippen molar-refractivity contribution in [3.63, 3.8) is 0 Å². The summed E-state index contributed by atoms with van der Waals surface area (Å²) in [4.78, 5) is 0. The minimum Gasteiger partial charge on any atom is -0.633 e. The van der Waals surface area contributed by atoms with Crippen LogP contribution < -0.4 is 4.72 Å². The first-order chi connectivity index (χ1) is 13.0. The Bertz CT molecular complexity index is 560. The van der Waals surface area contributed by atoms with Gasteiger partial charge in [0, 0.05) is 25.1 Å². The second-order valence-corrected chi connectivity index (χ2v) is 7.63. The molecule has 1 N–H and O–H groups in total. The molecular formula is C13H17F13N2OS. The molecule has 17 heteroatoms.